The molecule has 4 aromatic rings. The molecule has 12 heteroatoms. The number of thiazole rings is 1. The maximum atomic E-state index is 11.3. The molecule has 9 nitrogen and oxygen atoms in total. The Kier molecular flexibility index (Phi) is 6.29. The van der Waals surface area contributed by atoms with Gasteiger partial charge in [0.1, 0.15) is 22.4 Å². The van der Waals surface area contributed by atoms with E-state index in [1.54, 1.807) is 6.07 Å². The number of nitrogens with two attached hydrogens (primary N) is 1. The van der Waals surface area contributed by atoms with E-state index < -0.39 is 19.1 Å². The number of hydrogen-bond acceptors (Lipinski definition) is 10. The third-order valence-electron chi connectivity index (χ3n) is 5.43. The molecule has 0 bridgehead atoms. The van der Waals surface area contributed by atoms with Crippen LogP contribution in [0.4, 0.5) is 0 Å². The largest absolute Gasteiger partial charge is 0.536 e. The monoisotopic (exact) mass is 492 g/mol. The molecule has 0 spiro atoms. The SMILES string of the molecule is NOB(N=O)c1ccc2ccccc2c1COc1ccc2nc(C3=NC(C(=O)O)CS3)sc2c1. The lowest BCUT2D eigenvalue weighted by atomic mass is 9.71. The highest BCUT2D eigenvalue weighted by Gasteiger charge is 2.27. The lowest BCUT2D eigenvalue weighted by Gasteiger charge is -2.14. The first-order valence-electron chi connectivity index (χ1n) is 10.2. The summed E-state index contributed by atoms with van der Waals surface area (Å²) >= 11 is 2.83. The van der Waals surface area contributed by atoms with Gasteiger partial charge in [-0.2, -0.15) is 4.91 Å². The number of carbonyl (C=O) groups is 1. The van der Waals surface area contributed by atoms with Crippen LogP contribution in [0, 0.1) is 4.91 Å². The minimum atomic E-state index is -1.14. The molecule has 0 saturated heterocycles. The number of aliphatic imine (C=N–C) groups is 1. The van der Waals surface area contributed by atoms with Crippen molar-refractivity contribution >= 4 is 67.6 Å². The number of benzene rings is 3. The summed E-state index contributed by atoms with van der Waals surface area (Å²) in [6.07, 6.45) is 0. The molecule has 0 saturated carbocycles. The van der Waals surface area contributed by atoms with Gasteiger partial charge < -0.3 is 14.6 Å². The minimum Gasteiger partial charge on any atom is -0.489 e. The molecule has 0 radical (unpaired) electrons. The maximum absolute atomic E-state index is 11.3. The molecule has 0 amide bonds. The Morgan fingerprint density at radius 3 is 2.85 bits per heavy atom. The summed E-state index contributed by atoms with van der Waals surface area (Å²) in [5, 5.41) is 15.4. The number of fused-ring (bicyclic) bond motifs is 2. The Hall–Kier alpha value is -3.32. The second kappa shape index (κ2) is 9.51. The highest BCUT2D eigenvalue weighted by molar-refractivity contribution is 8.15. The fraction of sp³-hybridized carbons (Fsp3) is 0.136. The summed E-state index contributed by atoms with van der Waals surface area (Å²) in [5.74, 6) is 5.39. The number of aliphatic carboxylic acids is 1. The summed E-state index contributed by atoms with van der Waals surface area (Å²) in [4.78, 5) is 31.3. The quantitative estimate of drug-likeness (QED) is 0.217. The standard InChI is InChI=1S/C22H17BN4O5S2/c24-32-23(27-30)16-7-5-12-3-1-2-4-14(12)15(16)10-31-13-6-8-17-19(9-13)34-21(25-17)20-26-18(11-33-20)22(28)29/h1-9,18H,10-11,24H2,(H,28,29). The van der Waals surface area contributed by atoms with Crippen LogP contribution in [0.15, 0.2) is 64.7 Å². The van der Waals surface area contributed by atoms with E-state index in [2.05, 4.69) is 15.1 Å². The van der Waals surface area contributed by atoms with Gasteiger partial charge in [-0.15, -0.1) is 23.1 Å². The summed E-state index contributed by atoms with van der Waals surface area (Å²) in [5.41, 5.74) is 2.08. The van der Waals surface area contributed by atoms with Gasteiger partial charge in [-0.1, -0.05) is 41.5 Å². The lowest BCUT2D eigenvalue weighted by Crippen LogP contribution is -2.37. The smallest absolute Gasteiger partial charge is 0.489 e. The van der Waals surface area contributed by atoms with Crippen LogP contribution in [0.25, 0.3) is 21.0 Å². The summed E-state index contributed by atoms with van der Waals surface area (Å²) in [6, 6.07) is 16.2. The summed E-state index contributed by atoms with van der Waals surface area (Å²) in [6.45, 7) is 0.173. The van der Waals surface area contributed by atoms with E-state index in [1.807, 2.05) is 48.5 Å². The van der Waals surface area contributed by atoms with Gasteiger partial charge in [0.2, 0.25) is 0 Å². The molecule has 1 aromatic heterocycles. The number of nitroso groups, excluding NO2 is 1. The van der Waals surface area contributed by atoms with Gasteiger partial charge in [0.25, 0.3) is 0 Å². The number of aromatic nitrogens is 1. The van der Waals surface area contributed by atoms with Crippen molar-refractivity contribution in [2.24, 2.45) is 16.0 Å². The minimum absolute atomic E-state index is 0.173. The van der Waals surface area contributed by atoms with Gasteiger partial charge in [0, 0.05) is 5.75 Å². The average molecular weight is 492 g/mol. The fourth-order valence-corrected chi connectivity index (χ4v) is 5.85. The number of carboxylic acid groups (broad SMARTS) is 1. The van der Waals surface area contributed by atoms with Crippen LogP contribution >= 0.6 is 23.1 Å². The predicted molar refractivity (Wildman–Crippen MR) is 135 cm³/mol. The van der Waals surface area contributed by atoms with Gasteiger partial charge in [0.15, 0.2) is 6.04 Å². The van der Waals surface area contributed by atoms with E-state index in [0.717, 1.165) is 26.6 Å². The molecule has 34 heavy (non-hydrogen) atoms. The van der Waals surface area contributed by atoms with Crippen LogP contribution in [0.3, 0.4) is 0 Å². The topological polar surface area (TPSA) is 136 Å². The molecule has 1 aliphatic heterocycles. The first-order valence-corrected chi connectivity index (χ1v) is 12.0. The highest BCUT2D eigenvalue weighted by atomic mass is 32.2. The molecule has 0 aliphatic carbocycles. The third kappa shape index (κ3) is 4.28. The first-order chi connectivity index (χ1) is 16.6. The van der Waals surface area contributed by atoms with Crippen molar-refractivity contribution in [1.82, 2.24) is 4.98 Å². The van der Waals surface area contributed by atoms with Crippen molar-refractivity contribution in [2.45, 2.75) is 12.6 Å². The van der Waals surface area contributed by atoms with Crippen LogP contribution in [0.5, 0.6) is 5.75 Å². The number of ether oxygens (including phenoxy) is 1. The van der Waals surface area contributed by atoms with E-state index in [1.165, 1.54) is 23.1 Å². The predicted octanol–water partition coefficient (Wildman–Crippen LogP) is 3.33. The molecule has 1 atom stereocenters. The summed E-state index contributed by atoms with van der Waals surface area (Å²) in [7, 11) is -1.14. The van der Waals surface area contributed by atoms with E-state index in [0.29, 0.717) is 27.0 Å². The van der Waals surface area contributed by atoms with Crippen molar-refractivity contribution in [3.05, 3.63) is 70.1 Å². The molecule has 2 heterocycles. The second-order valence-electron chi connectivity index (χ2n) is 7.48. The van der Waals surface area contributed by atoms with Crippen LogP contribution in [-0.4, -0.2) is 39.9 Å². The molecule has 0 fully saturated rings. The van der Waals surface area contributed by atoms with Crippen LogP contribution < -0.4 is 16.1 Å². The number of thioether (sulfide) groups is 1. The summed E-state index contributed by atoms with van der Waals surface area (Å²) < 4.78 is 11.8. The Bertz CT molecular complexity index is 1440. The van der Waals surface area contributed by atoms with Crippen molar-refractivity contribution in [1.29, 1.82) is 0 Å². The van der Waals surface area contributed by atoms with Gasteiger partial charge in [-0.05, 0) is 40.0 Å². The molecule has 170 valence electrons. The van der Waals surface area contributed by atoms with Crippen LogP contribution in [-0.2, 0) is 16.2 Å². The molecule has 3 N–H and O–H groups in total. The Balaban J connectivity index is 1.43. The maximum Gasteiger partial charge on any atom is 0.536 e. The van der Waals surface area contributed by atoms with E-state index in [4.69, 9.17) is 20.5 Å². The van der Waals surface area contributed by atoms with Crippen LogP contribution in [0.2, 0.25) is 0 Å². The Morgan fingerprint density at radius 1 is 1.24 bits per heavy atom. The number of hydrogen-bond donors (Lipinski definition) is 2. The van der Waals surface area contributed by atoms with Gasteiger partial charge in [0.05, 0.1) is 10.2 Å². The third-order valence-corrected chi connectivity index (χ3v) is 7.64. The molecule has 1 aliphatic rings. The lowest BCUT2D eigenvalue weighted by molar-refractivity contribution is -0.137. The Morgan fingerprint density at radius 2 is 2.09 bits per heavy atom. The second-order valence-corrected chi connectivity index (χ2v) is 9.52. The molecule has 5 rings (SSSR count). The first kappa shape index (κ1) is 22.5. The number of rotatable bonds is 8. The number of carboxylic acids is 1. The van der Waals surface area contributed by atoms with Crippen molar-refractivity contribution < 1.29 is 19.4 Å². The average Bonchev–Trinajstić information content (AvgIpc) is 3.51. The van der Waals surface area contributed by atoms with Gasteiger partial charge in [-0.25, -0.2) is 15.7 Å². The van der Waals surface area contributed by atoms with Gasteiger partial charge >= 0.3 is 13.0 Å². The zero-order valence-electron chi connectivity index (χ0n) is 17.6. The van der Waals surface area contributed by atoms with Crippen LogP contribution in [0.1, 0.15) is 10.6 Å². The normalized spacial score (nSPS) is 15.4. The zero-order chi connectivity index (χ0) is 23.7. The zero-order valence-corrected chi connectivity index (χ0v) is 19.2. The van der Waals surface area contributed by atoms with E-state index in [9.17, 15) is 9.70 Å². The van der Waals surface area contributed by atoms with E-state index >= 15 is 0 Å². The highest BCUT2D eigenvalue weighted by Crippen LogP contribution is 2.32. The molecular weight excluding hydrogens is 475 g/mol. The molecule has 3 aromatic carbocycles. The molecule has 1 unspecified atom stereocenters. The van der Waals surface area contributed by atoms with Gasteiger partial charge in [-0.3, -0.25) is 4.99 Å². The van der Waals surface area contributed by atoms with E-state index in [-0.39, 0.29) is 6.61 Å². The van der Waals surface area contributed by atoms with Crippen molar-refractivity contribution in [2.75, 3.05) is 5.75 Å². The number of nitrogens with zero attached hydrogens (tertiary/aromatic N) is 3. The van der Waals surface area contributed by atoms with Crippen molar-refractivity contribution in [3.8, 4) is 5.75 Å². The fourth-order valence-electron chi connectivity index (χ4n) is 3.76. The molecular formula is C22H17BN4O5S2. The van der Waals surface area contributed by atoms with Crippen molar-refractivity contribution in [3.63, 3.8) is 0 Å². The Labute approximate surface area is 202 Å².